The Hall–Kier alpha value is -1.07. The van der Waals surface area contributed by atoms with Crippen molar-refractivity contribution in [3.8, 4) is 11.4 Å². The van der Waals surface area contributed by atoms with E-state index in [9.17, 15) is 0 Å². The summed E-state index contributed by atoms with van der Waals surface area (Å²) < 4.78 is 0.932. The maximum Gasteiger partial charge on any atom is 0.161 e. The first-order valence-corrected chi connectivity index (χ1v) is 8.44. The maximum atomic E-state index is 4.59. The van der Waals surface area contributed by atoms with Gasteiger partial charge in [-0.1, -0.05) is 19.1 Å². The minimum absolute atomic E-state index is 0.759. The average molecular weight is 352 g/mol. The highest BCUT2D eigenvalue weighted by Crippen LogP contribution is 2.27. The van der Waals surface area contributed by atoms with Gasteiger partial charge in [-0.05, 0) is 47.7 Å². The van der Waals surface area contributed by atoms with Crippen LogP contribution in [0.5, 0.6) is 0 Å². The van der Waals surface area contributed by atoms with E-state index in [-0.39, 0.29) is 0 Å². The van der Waals surface area contributed by atoms with Gasteiger partial charge < -0.3 is 5.32 Å². The highest BCUT2D eigenvalue weighted by atomic mass is 79.9. The van der Waals surface area contributed by atoms with Crippen molar-refractivity contribution in [3.05, 3.63) is 34.4 Å². The van der Waals surface area contributed by atoms with E-state index in [1.807, 2.05) is 18.7 Å². The summed E-state index contributed by atoms with van der Waals surface area (Å²) in [6.07, 6.45) is 0. The number of benzene rings is 1. The molecule has 1 heterocycles. The Labute approximate surface area is 132 Å². The molecule has 2 rings (SSSR count). The number of rotatable bonds is 5. The first kappa shape index (κ1) is 15.3. The minimum atomic E-state index is 0.759. The van der Waals surface area contributed by atoms with Crippen molar-refractivity contribution in [2.45, 2.75) is 25.7 Å². The molecule has 0 radical (unpaired) electrons. The normalized spacial score (nSPS) is 10.6. The average Bonchev–Trinajstić information content (AvgIpc) is 2.45. The summed E-state index contributed by atoms with van der Waals surface area (Å²) in [6.45, 7) is 7.03. The lowest BCUT2D eigenvalue weighted by Gasteiger charge is -2.10. The first-order chi connectivity index (χ1) is 9.65. The lowest BCUT2D eigenvalue weighted by Crippen LogP contribution is -2.04. The zero-order chi connectivity index (χ0) is 14.5. The second-order valence-electron chi connectivity index (χ2n) is 4.28. The molecule has 0 aliphatic heterocycles. The Kier molecular flexibility index (Phi) is 5.43. The lowest BCUT2D eigenvalue weighted by atomic mass is 10.2. The summed E-state index contributed by atoms with van der Waals surface area (Å²) in [7, 11) is 0. The Morgan fingerprint density at radius 2 is 1.85 bits per heavy atom. The molecule has 1 N–H and O–H groups in total. The summed E-state index contributed by atoms with van der Waals surface area (Å²) in [5, 5.41) is 3.26. The van der Waals surface area contributed by atoms with Gasteiger partial charge in [-0.2, -0.15) is 0 Å². The predicted octanol–water partition coefficient (Wildman–Crippen LogP) is 4.76. The van der Waals surface area contributed by atoms with Gasteiger partial charge in [0.1, 0.15) is 5.82 Å². The van der Waals surface area contributed by atoms with Gasteiger partial charge in [0, 0.05) is 17.0 Å². The molecule has 3 nitrogen and oxygen atoms in total. The molecule has 0 fully saturated rings. The monoisotopic (exact) mass is 351 g/mol. The lowest BCUT2D eigenvalue weighted by molar-refractivity contribution is 1.06. The van der Waals surface area contributed by atoms with E-state index in [1.165, 1.54) is 4.90 Å². The van der Waals surface area contributed by atoms with Crippen LogP contribution < -0.4 is 5.32 Å². The number of hydrogen-bond acceptors (Lipinski definition) is 4. The van der Waals surface area contributed by atoms with Gasteiger partial charge in [0.15, 0.2) is 5.82 Å². The van der Waals surface area contributed by atoms with Gasteiger partial charge in [-0.3, -0.25) is 0 Å². The molecule has 0 aliphatic carbocycles. The fourth-order valence-corrected chi connectivity index (χ4v) is 2.82. The van der Waals surface area contributed by atoms with Crippen molar-refractivity contribution in [2.75, 3.05) is 17.6 Å². The van der Waals surface area contributed by atoms with Gasteiger partial charge in [0.25, 0.3) is 0 Å². The van der Waals surface area contributed by atoms with E-state index in [0.29, 0.717) is 0 Å². The molecule has 1 aromatic heterocycles. The molecule has 0 bridgehead atoms. The summed E-state index contributed by atoms with van der Waals surface area (Å²) >= 11 is 5.36. The highest BCUT2D eigenvalue weighted by molar-refractivity contribution is 9.10. The molecule has 0 aliphatic rings. The van der Waals surface area contributed by atoms with Crippen molar-refractivity contribution in [1.29, 1.82) is 0 Å². The molecule has 20 heavy (non-hydrogen) atoms. The highest BCUT2D eigenvalue weighted by Gasteiger charge is 2.10. The van der Waals surface area contributed by atoms with Gasteiger partial charge in [-0.15, -0.1) is 11.8 Å². The van der Waals surface area contributed by atoms with Crippen LogP contribution in [-0.4, -0.2) is 22.3 Å². The third-order valence-corrected chi connectivity index (χ3v) is 4.63. The summed E-state index contributed by atoms with van der Waals surface area (Å²) in [5.74, 6) is 2.69. The molecule has 1 aromatic carbocycles. The zero-order valence-electron chi connectivity index (χ0n) is 11.9. The fourth-order valence-electron chi connectivity index (χ4n) is 1.84. The fraction of sp³-hybridized carbons (Fsp3) is 0.333. The van der Waals surface area contributed by atoms with Crippen molar-refractivity contribution >= 4 is 33.5 Å². The Morgan fingerprint density at radius 3 is 2.45 bits per heavy atom. The van der Waals surface area contributed by atoms with Crippen molar-refractivity contribution in [1.82, 2.24) is 9.97 Å². The Balaban J connectivity index is 2.36. The minimum Gasteiger partial charge on any atom is -0.369 e. The van der Waals surface area contributed by atoms with Gasteiger partial charge >= 0.3 is 0 Å². The molecule has 0 saturated carbocycles. The SMILES string of the molecule is CCNc1nc(-c2ccc(SCC)cc2)nc(C)c1Br. The third kappa shape index (κ3) is 3.52. The Morgan fingerprint density at radius 1 is 1.15 bits per heavy atom. The third-order valence-electron chi connectivity index (χ3n) is 2.78. The zero-order valence-corrected chi connectivity index (χ0v) is 14.3. The Bertz CT molecular complexity index is 584. The molecule has 0 unspecified atom stereocenters. The molecular formula is C15H18BrN3S. The summed E-state index contributed by atoms with van der Waals surface area (Å²) in [4.78, 5) is 10.4. The first-order valence-electron chi connectivity index (χ1n) is 6.67. The van der Waals surface area contributed by atoms with Crippen LogP contribution in [0.3, 0.4) is 0 Å². The summed E-state index contributed by atoms with van der Waals surface area (Å²) in [5.41, 5.74) is 1.98. The van der Waals surface area contributed by atoms with Gasteiger partial charge in [0.2, 0.25) is 0 Å². The van der Waals surface area contributed by atoms with Crippen molar-refractivity contribution < 1.29 is 0 Å². The number of hydrogen-bond donors (Lipinski definition) is 1. The topological polar surface area (TPSA) is 37.8 Å². The largest absolute Gasteiger partial charge is 0.369 e. The van der Waals surface area contributed by atoms with Gasteiger partial charge in [-0.25, -0.2) is 9.97 Å². The number of nitrogens with zero attached hydrogens (tertiary/aromatic N) is 2. The molecule has 0 spiro atoms. The molecule has 0 amide bonds. The number of nitrogens with one attached hydrogen (secondary N) is 1. The van der Waals surface area contributed by atoms with Crippen LogP contribution in [0, 0.1) is 6.92 Å². The molecule has 2 aromatic rings. The van der Waals surface area contributed by atoms with Crippen molar-refractivity contribution in [2.24, 2.45) is 0 Å². The molecule has 0 saturated heterocycles. The number of thioether (sulfide) groups is 1. The van der Waals surface area contributed by atoms with E-state index in [1.54, 1.807) is 0 Å². The molecule has 5 heteroatoms. The molecule has 0 atom stereocenters. The van der Waals surface area contributed by atoms with Crippen LogP contribution in [0.25, 0.3) is 11.4 Å². The van der Waals surface area contributed by atoms with E-state index < -0.39 is 0 Å². The maximum absolute atomic E-state index is 4.59. The van der Waals surface area contributed by atoms with Crippen LogP contribution in [0.15, 0.2) is 33.6 Å². The number of aromatic nitrogens is 2. The predicted molar refractivity (Wildman–Crippen MR) is 90.5 cm³/mol. The number of anilines is 1. The van der Waals surface area contributed by atoms with Crippen LogP contribution in [0.1, 0.15) is 19.5 Å². The molecular weight excluding hydrogens is 334 g/mol. The van der Waals surface area contributed by atoms with Crippen LogP contribution >= 0.6 is 27.7 Å². The van der Waals surface area contributed by atoms with Crippen LogP contribution in [0.2, 0.25) is 0 Å². The molecule has 106 valence electrons. The number of aryl methyl sites for hydroxylation is 1. The second-order valence-corrected chi connectivity index (χ2v) is 6.41. The van der Waals surface area contributed by atoms with E-state index in [0.717, 1.165) is 39.7 Å². The number of halogens is 1. The van der Waals surface area contributed by atoms with E-state index >= 15 is 0 Å². The second kappa shape index (κ2) is 7.09. The van der Waals surface area contributed by atoms with Crippen molar-refractivity contribution in [3.63, 3.8) is 0 Å². The summed E-state index contributed by atoms with van der Waals surface area (Å²) in [6, 6.07) is 8.40. The van der Waals surface area contributed by atoms with E-state index in [4.69, 9.17) is 0 Å². The smallest absolute Gasteiger partial charge is 0.161 e. The van der Waals surface area contributed by atoms with Gasteiger partial charge in [0.05, 0.1) is 10.2 Å². The van der Waals surface area contributed by atoms with E-state index in [2.05, 4.69) is 69.3 Å². The van der Waals surface area contributed by atoms with Crippen LogP contribution in [0.4, 0.5) is 5.82 Å². The van der Waals surface area contributed by atoms with Crippen LogP contribution in [-0.2, 0) is 0 Å². The quantitative estimate of drug-likeness (QED) is 0.788. The standard InChI is InChI=1S/C15H18BrN3S/c1-4-17-15-13(16)10(3)18-14(19-15)11-6-8-12(9-7-11)20-5-2/h6-9H,4-5H2,1-3H3,(H,17,18,19).